The Hall–Kier alpha value is -1.39. The van der Waals surface area contributed by atoms with Crippen LogP contribution >= 0.6 is 34.7 Å². The van der Waals surface area contributed by atoms with Crippen molar-refractivity contribution in [2.24, 2.45) is 0 Å². The third-order valence-electron chi connectivity index (χ3n) is 3.91. The number of imidazole rings is 1. The van der Waals surface area contributed by atoms with Gasteiger partial charge in [0.1, 0.15) is 4.90 Å². The third kappa shape index (κ3) is 5.32. The van der Waals surface area contributed by atoms with Crippen LogP contribution < -0.4 is 10.0 Å². The molecule has 0 amide bonds. The second kappa shape index (κ2) is 9.20. The summed E-state index contributed by atoms with van der Waals surface area (Å²) < 4.78 is 33.3. The van der Waals surface area contributed by atoms with Gasteiger partial charge in [0.2, 0.25) is 20.9 Å². The van der Waals surface area contributed by atoms with E-state index in [9.17, 15) is 8.42 Å². The maximum absolute atomic E-state index is 12.3. The molecule has 2 aromatic heterocycles. The fraction of sp³-hybridized carbons (Fsp3) is 0.375. The van der Waals surface area contributed by atoms with Crippen molar-refractivity contribution < 1.29 is 8.42 Å². The monoisotopic (exact) mass is 447 g/mol. The van der Waals surface area contributed by atoms with Gasteiger partial charge in [-0.15, -0.1) is 0 Å². The molecule has 3 aromatic rings. The second-order valence-corrected chi connectivity index (χ2v) is 9.21. The topological polar surface area (TPSA) is 88.4 Å². The van der Waals surface area contributed by atoms with E-state index >= 15 is 0 Å². The number of hydrogen-bond donors (Lipinski definition) is 2. The molecule has 27 heavy (non-hydrogen) atoms. The van der Waals surface area contributed by atoms with Crippen molar-refractivity contribution in [3.63, 3.8) is 0 Å². The van der Waals surface area contributed by atoms with Crippen molar-refractivity contribution in [2.45, 2.75) is 30.6 Å². The first-order valence-electron chi connectivity index (χ1n) is 8.45. The lowest BCUT2D eigenvalue weighted by molar-refractivity contribution is 0.573. The molecule has 3 rings (SSSR count). The molecule has 11 heteroatoms. The molecule has 0 radical (unpaired) electrons. The molecule has 146 valence electrons. The van der Waals surface area contributed by atoms with Gasteiger partial charge in [0.25, 0.3) is 0 Å². The van der Waals surface area contributed by atoms with Gasteiger partial charge in [-0.05, 0) is 31.0 Å². The quantitative estimate of drug-likeness (QED) is 0.457. The molecule has 0 spiro atoms. The van der Waals surface area contributed by atoms with Gasteiger partial charge in [0, 0.05) is 42.0 Å². The molecular formula is C16H19Cl2N5O2S2. The molecule has 0 aliphatic heterocycles. The number of hydrogen-bond acceptors (Lipinski definition) is 6. The Labute approximate surface area is 171 Å². The van der Waals surface area contributed by atoms with Crippen LogP contribution in [-0.2, 0) is 10.0 Å². The van der Waals surface area contributed by atoms with E-state index in [-0.39, 0.29) is 9.92 Å². The van der Waals surface area contributed by atoms with Crippen molar-refractivity contribution in [1.29, 1.82) is 0 Å². The number of sulfonamides is 1. The van der Waals surface area contributed by atoms with Gasteiger partial charge in [-0.1, -0.05) is 36.0 Å². The summed E-state index contributed by atoms with van der Waals surface area (Å²) in [7, 11) is -3.62. The van der Waals surface area contributed by atoms with Crippen LogP contribution in [0.1, 0.15) is 25.7 Å². The van der Waals surface area contributed by atoms with Gasteiger partial charge in [-0.3, -0.25) is 4.40 Å². The van der Waals surface area contributed by atoms with E-state index < -0.39 is 10.0 Å². The molecule has 0 aliphatic rings. The predicted octanol–water partition coefficient (Wildman–Crippen LogP) is 4.05. The van der Waals surface area contributed by atoms with E-state index in [1.165, 1.54) is 29.7 Å². The van der Waals surface area contributed by atoms with Crippen LogP contribution in [0.5, 0.6) is 0 Å². The number of anilines is 1. The van der Waals surface area contributed by atoms with Gasteiger partial charge in [0.15, 0.2) is 0 Å². The smallest absolute Gasteiger partial charge is 0.242 e. The molecule has 0 atom stereocenters. The number of unbranched alkanes of at least 4 members (excludes halogenated alkanes) is 3. The molecule has 2 N–H and O–H groups in total. The Morgan fingerprint density at radius 3 is 2.67 bits per heavy atom. The number of rotatable bonds is 10. The summed E-state index contributed by atoms with van der Waals surface area (Å²) in [5.41, 5.74) is 0. The molecule has 0 saturated carbocycles. The van der Waals surface area contributed by atoms with E-state index in [0.29, 0.717) is 11.6 Å². The normalized spacial score (nSPS) is 11.9. The first-order valence-corrected chi connectivity index (χ1v) is 11.5. The molecule has 0 fully saturated rings. The van der Waals surface area contributed by atoms with Crippen molar-refractivity contribution in [3.8, 4) is 0 Å². The van der Waals surface area contributed by atoms with E-state index in [0.717, 1.165) is 43.1 Å². The van der Waals surface area contributed by atoms with Gasteiger partial charge in [-0.2, -0.15) is 4.37 Å². The van der Waals surface area contributed by atoms with E-state index in [1.54, 1.807) is 6.20 Å². The Balaban J connectivity index is 1.33. The number of nitrogens with one attached hydrogen (secondary N) is 2. The van der Waals surface area contributed by atoms with Gasteiger partial charge in [-0.25, -0.2) is 18.1 Å². The Morgan fingerprint density at radius 1 is 1.11 bits per heavy atom. The fourth-order valence-electron chi connectivity index (χ4n) is 2.55. The minimum Gasteiger partial charge on any atom is -0.355 e. The standard InChI is InChI=1S/C16H19Cl2N5O2S2/c17-12-5-6-14(13(18)11-12)27(24,25)21-8-4-2-1-3-7-19-15-22-26-16-20-9-10-23(15)16/h5-6,9-11,21H,1-4,7-8H2,(H,19,22). The Kier molecular flexibility index (Phi) is 6.93. The number of benzene rings is 1. The number of halogens is 2. The summed E-state index contributed by atoms with van der Waals surface area (Å²) in [5, 5.41) is 3.81. The molecule has 0 aliphatic carbocycles. The average Bonchev–Trinajstić information content (AvgIpc) is 3.21. The van der Waals surface area contributed by atoms with Crippen LogP contribution in [0.15, 0.2) is 35.5 Å². The molecule has 7 nitrogen and oxygen atoms in total. The summed E-state index contributed by atoms with van der Waals surface area (Å²) in [4.78, 5) is 5.09. The van der Waals surface area contributed by atoms with Crippen LogP contribution in [0, 0.1) is 0 Å². The summed E-state index contributed by atoms with van der Waals surface area (Å²) in [6, 6.07) is 4.34. The van der Waals surface area contributed by atoms with Crippen LogP contribution in [0.25, 0.3) is 4.96 Å². The van der Waals surface area contributed by atoms with Gasteiger partial charge >= 0.3 is 0 Å². The first-order chi connectivity index (χ1) is 13.0. The minimum absolute atomic E-state index is 0.0480. The van der Waals surface area contributed by atoms with Crippen LogP contribution in [0.3, 0.4) is 0 Å². The van der Waals surface area contributed by atoms with Gasteiger partial charge < -0.3 is 5.32 Å². The molecular weight excluding hydrogens is 429 g/mol. The fourth-order valence-corrected chi connectivity index (χ4v) is 5.05. The van der Waals surface area contributed by atoms with E-state index in [4.69, 9.17) is 23.2 Å². The lowest BCUT2D eigenvalue weighted by Gasteiger charge is -2.08. The zero-order valence-corrected chi connectivity index (χ0v) is 17.5. The molecule has 2 heterocycles. The summed E-state index contributed by atoms with van der Waals surface area (Å²) >= 11 is 13.1. The number of fused-ring (bicyclic) bond motifs is 1. The third-order valence-corrected chi connectivity index (χ3v) is 6.82. The van der Waals surface area contributed by atoms with E-state index in [1.807, 2.05) is 10.6 Å². The number of aromatic nitrogens is 3. The zero-order valence-electron chi connectivity index (χ0n) is 14.4. The SMILES string of the molecule is O=S(=O)(NCCCCCCNc1nsc2nccn12)c1ccc(Cl)cc1Cl. The highest BCUT2D eigenvalue weighted by Gasteiger charge is 2.17. The highest BCUT2D eigenvalue weighted by atomic mass is 35.5. The van der Waals surface area contributed by atoms with Crippen molar-refractivity contribution in [3.05, 3.63) is 40.6 Å². The van der Waals surface area contributed by atoms with E-state index in [2.05, 4.69) is 19.4 Å². The number of nitrogens with zero attached hydrogens (tertiary/aromatic N) is 3. The molecule has 0 saturated heterocycles. The van der Waals surface area contributed by atoms with Crippen molar-refractivity contribution in [2.75, 3.05) is 18.4 Å². The molecule has 0 bridgehead atoms. The maximum atomic E-state index is 12.3. The lowest BCUT2D eigenvalue weighted by Crippen LogP contribution is -2.25. The zero-order chi connectivity index (χ0) is 19.3. The predicted molar refractivity (Wildman–Crippen MR) is 109 cm³/mol. The molecule has 1 aromatic carbocycles. The van der Waals surface area contributed by atoms with Crippen LogP contribution in [-0.4, -0.2) is 35.3 Å². The van der Waals surface area contributed by atoms with Crippen LogP contribution in [0.4, 0.5) is 5.95 Å². The first kappa shape index (κ1) is 20.3. The highest BCUT2D eigenvalue weighted by Crippen LogP contribution is 2.24. The maximum Gasteiger partial charge on any atom is 0.242 e. The lowest BCUT2D eigenvalue weighted by atomic mass is 10.2. The second-order valence-electron chi connectivity index (χ2n) is 5.90. The summed E-state index contributed by atoms with van der Waals surface area (Å²) in [6.07, 6.45) is 7.28. The summed E-state index contributed by atoms with van der Waals surface area (Å²) in [6.45, 7) is 1.18. The van der Waals surface area contributed by atoms with Crippen molar-refractivity contribution >= 4 is 55.7 Å². The summed E-state index contributed by atoms with van der Waals surface area (Å²) in [5.74, 6) is 0.806. The van der Waals surface area contributed by atoms with Crippen LogP contribution in [0.2, 0.25) is 10.0 Å². The van der Waals surface area contributed by atoms with Crippen molar-refractivity contribution in [1.82, 2.24) is 18.5 Å². The Bertz CT molecular complexity index is 1000. The minimum atomic E-state index is -3.62. The Morgan fingerprint density at radius 2 is 1.89 bits per heavy atom. The average molecular weight is 448 g/mol. The molecule has 0 unspecified atom stereocenters. The highest BCUT2D eigenvalue weighted by molar-refractivity contribution is 7.89. The largest absolute Gasteiger partial charge is 0.355 e. The van der Waals surface area contributed by atoms with Gasteiger partial charge in [0.05, 0.1) is 5.02 Å².